The minimum Gasteiger partial charge on any atom is -0.376 e. The van der Waals surface area contributed by atoms with Crippen molar-refractivity contribution in [2.24, 2.45) is 17.1 Å². The zero-order valence-corrected chi connectivity index (χ0v) is 10.4. The maximum absolute atomic E-state index is 5.93. The zero-order chi connectivity index (χ0) is 10.8. The van der Waals surface area contributed by atoms with E-state index in [9.17, 15) is 0 Å². The molecule has 1 fully saturated rings. The number of rotatable bonds is 2. The largest absolute Gasteiger partial charge is 0.376 e. The lowest BCUT2D eigenvalue weighted by atomic mass is 9.86. The Morgan fingerprint density at radius 1 is 1.57 bits per heavy atom. The predicted molar refractivity (Wildman–Crippen MR) is 63.7 cm³/mol. The van der Waals surface area contributed by atoms with Gasteiger partial charge in [-0.15, -0.1) is 0 Å². The molecule has 0 saturated carbocycles. The Bertz CT molecular complexity index is 186. The normalized spacial score (nSPS) is 39.9. The average molecular weight is 217 g/mol. The van der Waals surface area contributed by atoms with Gasteiger partial charge in [0.2, 0.25) is 0 Å². The predicted octanol–water partition coefficient (Wildman–Crippen LogP) is 2.08. The Kier molecular flexibility index (Phi) is 4.29. The summed E-state index contributed by atoms with van der Waals surface area (Å²) in [5, 5.41) is 0.364. The van der Waals surface area contributed by atoms with E-state index in [4.69, 9.17) is 10.5 Å². The van der Waals surface area contributed by atoms with Gasteiger partial charge in [-0.25, -0.2) is 0 Å². The van der Waals surface area contributed by atoms with Gasteiger partial charge in [0.05, 0.1) is 12.7 Å². The number of hydrogen-bond donors (Lipinski definition) is 2. The van der Waals surface area contributed by atoms with Gasteiger partial charge >= 0.3 is 0 Å². The summed E-state index contributed by atoms with van der Waals surface area (Å²) in [4.78, 5) is 0. The third-order valence-electron chi connectivity index (χ3n) is 3.20. The van der Waals surface area contributed by atoms with Crippen LogP contribution in [0.1, 0.15) is 33.6 Å². The molecule has 14 heavy (non-hydrogen) atoms. The highest BCUT2D eigenvalue weighted by molar-refractivity contribution is 7.81. The van der Waals surface area contributed by atoms with Gasteiger partial charge in [0.15, 0.2) is 0 Å². The van der Waals surface area contributed by atoms with E-state index in [0.717, 1.165) is 19.4 Å². The fourth-order valence-corrected chi connectivity index (χ4v) is 2.50. The Labute approximate surface area is 93.0 Å². The van der Waals surface area contributed by atoms with Crippen LogP contribution < -0.4 is 5.73 Å². The van der Waals surface area contributed by atoms with E-state index in [1.54, 1.807) is 0 Å². The molecule has 0 spiro atoms. The summed E-state index contributed by atoms with van der Waals surface area (Å²) in [6.07, 6.45) is 2.52. The lowest BCUT2D eigenvalue weighted by molar-refractivity contribution is -0.00578. The molecule has 1 rings (SSSR count). The molecule has 0 aromatic carbocycles. The SMILES string of the molecule is CC(C)C1OCC(C)(CN)CCC1S. The third kappa shape index (κ3) is 2.88. The van der Waals surface area contributed by atoms with Crippen LogP contribution in [0.5, 0.6) is 0 Å². The van der Waals surface area contributed by atoms with E-state index < -0.39 is 0 Å². The smallest absolute Gasteiger partial charge is 0.0714 e. The van der Waals surface area contributed by atoms with Crippen LogP contribution in [0, 0.1) is 11.3 Å². The quantitative estimate of drug-likeness (QED) is 0.695. The zero-order valence-electron chi connectivity index (χ0n) is 9.49. The Morgan fingerprint density at radius 2 is 2.21 bits per heavy atom. The first-order valence-corrected chi connectivity index (χ1v) is 6.00. The Morgan fingerprint density at radius 3 is 2.71 bits per heavy atom. The van der Waals surface area contributed by atoms with Crippen LogP contribution in [0.2, 0.25) is 0 Å². The van der Waals surface area contributed by atoms with E-state index in [0.29, 0.717) is 17.7 Å². The summed E-state index contributed by atoms with van der Waals surface area (Å²) >= 11 is 4.62. The van der Waals surface area contributed by atoms with Crippen molar-refractivity contribution in [3.8, 4) is 0 Å². The van der Waals surface area contributed by atoms with Crippen molar-refractivity contribution < 1.29 is 4.74 Å². The van der Waals surface area contributed by atoms with Gasteiger partial charge in [0.25, 0.3) is 0 Å². The highest BCUT2D eigenvalue weighted by Crippen LogP contribution is 2.32. The van der Waals surface area contributed by atoms with Gasteiger partial charge in [0.1, 0.15) is 0 Å². The topological polar surface area (TPSA) is 35.2 Å². The van der Waals surface area contributed by atoms with E-state index in [-0.39, 0.29) is 11.5 Å². The van der Waals surface area contributed by atoms with E-state index in [1.165, 1.54) is 0 Å². The molecule has 1 aliphatic heterocycles. The molecule has 1 saturated heterocycles. The molecule has 0 aromatic heterocycles. The minimum atomic E-state index is 0.157. The maximum atomic E-state index is 5.93. The molecule has 3 atom stereocenters. The number of thiol groups is 1. The molecule has 2 nitrogen and oxygen atoms in total. The van der Waals surface area contributed by atoms with Crippen molar-refractivity contribution in [1.29, 1.82) is 0 Å². The Hall–Kier alpha value is 0.270. The summed E-state index contributed by atoms with van der Waals surface area (Å²) in [5.41, 5.74) is 5.93. The van der Waals surface area contributed by atoms with Crippen LogP contribution in [0.15, 0.2) is 0 Å². The molecule has 3 heteroatoms. The van der Waals surface area contributed by atoms with Crippen molar-refractivity contribution in [1.82, 2.24) is 0 Å². The van der Waals surface area contributed by atoms with Gasteiger partial charge in [0, 0.05) is 10.7 Å². The second-order valence-corrected chi connectivity index (χ2v) is 5.80. The molecule has 0 aliphatic carbocycles. The highest BCUT2D eigenvalue weighted by atomic mass is 32.1. The number of hydrogen-bond acceptors (Lipinski definition) is 3. The number of ether oxygens (including phenoxy) is 1. The molecule has 3 unspecified atom stereocenters. The second-order valence-electron chi connectivity index (χ2n) is 5.14. The summed E-state index contributed by atoms with van der Waals surface area (Å²) in [6, 6.07) is 0. The minimum absolute atomic E-state index is 0.157. The summed E-state index contributed by atoms with van der Waals surface area (Å²) in [7, 11) is 0. The number of nitrogens with two attached hydrogens (primary N) is 1. The molecule has 0 radical (unpaired) electrons. The fraction of sp³-hybridized carbons (Fsp3) is 1.00. The average Bonchev–Trinajstić information content (AvgIpc) is 2.28. The summed E-state index contributed by atoms with van der Waals surface area (Å²) in [5.74, 6) is 0.539. The van der Waals surface area contributed by atoms with E-state index >= 15 is 0 Å². The third-order valence-corrected chi connectivity index (χ3v) is 3.75. The van der Waals surface area contributed by atoms with Gasteiger partial charge in [-0.3, -0.25) is 0 Å². The van der Waals surface area contributed by atoms with Gasteiger partial charge < -0.3 is 10.5 Å². The first kappa shape index (κ1) is 12.3. The first-order valence-electron chi connectivity index (χ1n) is 5.48. The molecular formula is C11H23NOS. The molecular weight excluding hydrogens is 194 g/mol. The van der Waals surface area contributed by atoms with Crippen molar-refractivity contribution in [2.75, 3.05) is 13.2 Å². The van der Waals surface area contributed by atoms with Crippen molar-refractivity contribution in [2.45, 2.75) is 45.0 Å². The molecule has 1 heterocycles. The van der Waals surface area contributed by atoms with Crippen LogP contribution in [0.25, 0.3) is 0 Å². The summed E-state index contributed by atoms with van der Waals surface area (Å²) < 4.78 is 5.93. The maximum Gasteiger partial charge on any atom is 0.0714 e. The van der Waals surface area contributed by atoms with Gasteiger partial charge in [-0.05, 0) is 25.3 Å². The van der Waals surface area contributed by atoms with Crippen molar-refractivity contribution >= 4 is 12.6 Å². The first-order chi connectivity index (χ1) is 6.48. The lowest BCUT2D eigenvalue weighted by Gasteiger charge is -2.27. The highest BCUT2D eigenvalue weighted by Gasteiger charge is 2.33. The monoisotopic (exact) mass is 217 g/mol. The fourth-order valence-electron chi connectivity index (χ4n) is 1.94. The standard InChI is InChI=1S/C11H23NOS/c1-8(2)10-9(14)4-5-11(3,6-12)7-13-10/h8-10,14H,4-7,12H2,1-3H3. The van der Waals surface area contributed by atoms with Crippen LogP contribution in [-0.2, 0) is 4.74 Å². The molecule has 2 N–H and O–H groups in total. The molecule has 84 valence electrons. The lowest BCUT2D eigenvalue weighted by Crippen LogP contribution is -2.33. The molecule has 0 amide bonds. The molecule has 1 aliphatic rings. The Balaban J connectivity index is 2.62. The van der Waals surface area contributed by atoms with Crippen molar-refractivity contribution in [3.63, 3.8) is 0 Å². The molecule has 0 aromatic rings. The molecule has 0 bridgehead atoms. The van der Waals surface area contributed by atoms with Gasteiger partial charge in [-0.2, -0.15) is 12.6 Å². The summed E-state index contributed by atoms with van der Waals surface area (Å²) in [6.45, 7) is 8.08. The van der Waals surface area contributed by atoms with Crippen LogP contribution in [-0.4, -0.2) is 24.5 Å². The second kappa shape index (κ2) is 4.86. The van der Waals surface area contributed by atoms with Crippen molar-refractivity contribution in [3.05, 3.63) is 0 Å². The van der Waals surface area contributed by atoms with Gasteiger partial charge in [-0.1, -0.05) is 20.8 Å². The van der Waals surface area contributed by atoms with E-state index in [1.807, 2.05) is 0 Å². The van der Waals surface area contributed by atoms with Crippen LogP contribution in [0.3, 0.4) is 0 Å². The van der Waals surface area contributed by atoms with Crippen LogP contribution >= 0.6 is 12.6 Å². The van der Waals surface area contributed by atoms with Crippen LogP contribution in [0.4, 0.5) is 0 Å². The van der Waals surface area contributed by atoms with E-state index in [2.05, 4.69) is 33.4 Å².